The Morgan fingerprint density at radius 2 is 1.38 bits per heavy atom. The molecule has 0 N–H and O–H groups in total. The fourth-order valence-electron chi connectivity index (χ4n) is 0.247. The Kier molecular flexibility index (Phi) is 12.6. The van der Waals surface area contributed by atoms with Crippen LogP contribution in [0.15, 0.2) is 0 Å². The highest BCUT2D eigenvalue weighted by atomic mass is 79.9. The summed E-state index contributed by atoms with van der Waals surface area (Å²) >= 11 is 0. The molecule has 0 saturated heterocycles. The van der Waals surface area contributed by atoms with Crippen LogP contribution < -0.4 is 0 Å². The molecule has 0 bridgehead atoms. The van der Waals surface area contributed by atoms with Crippen molar-refractivity contribution in [2.75, 3.05) is 0 Å². The third kappa shape index (κ3) is 9.07. The van der Waals surface area contributed by atoms with Gasteiger partial charge in [0.2, 0.25) is 0 Å². The highest BCUT2D eigenvalue weighted by Crippen LogP contribution is 1.88. The van der Waals surface area contributed by atoms with Crippen LogP contribution in [0.1, 0.15) is 19.3 Å². The lowest BCUT2D eigenvalue weighted by Gasteiger charge is -1.75. The number of halogens is 1. The van der Waals surface area contributed by atoms with Crippen molar-refractivity contribution in [3.63, 3.8) is 0 Å². The number of nitrogens with zero attached hydrogens (tertiary/aromatic N) is 2. The fraction of sp³-hybridized carbons (Fsp3) is 0.600. The largest absolute Gasteiger partial charge is 0.198 e. The van der Waals surface area contributed by atoms with Gasteiger partial charge in [-0.15, -0.1) is 17.0 Å². The van der Waals surface area contributed by atoms with E-state index >= 15 is 0 Å². The van der Waals surface area contributed by atoms with E-state index in [4.69, 9.17) is 10.5 Å². The molecule has 0 spiro atoms. The molecule has 0 aromatic carbocycles. The number of hydrogen-bond acceptors (Lipinski definition) is 2. The Morgan fingerprint density at radius 3 is 1.62 bits per heavy atom. The molecule has 3 heteroatoms. The first kappa shape index (κ1) is 10.4. The fourth-order valence-corrected chi connectivity index (χ4v) is 0.247. The molecule has 0 radical (unpaired) electrons. The molecular weight excluding hydrogens is 168 g/mol. The van der Waals surface area contributed by atoms with Crippen molar-refractivity contribution in [2.24, 2.45) is 0 Å². The van der Waals surface area contributed by atoms with Crippen molar-refractivity contribution in [2.45, 2.75) is 19.3 Å². The normalized spacial score (nSPS) is 5.75. The third-order valence-corrected chi connectivity index (χ3v) is 0.577. The first-order valence-corrected chi connectivity index (χ1v) is 2.15. The highest BCUT2D eigenvalue weighted by Gasteiger charge is 1.79. The molecule has 8 heavy (non-hydrogen) atoms. The molecule has 44 valence electrons. The van der Waals surface area contributed by atoms with E-state index in [0.717, 1.165) is 0 Å². The molecule has 0 amide bonds. The number of unbranched alkanes of at least 4 members (excludes halogenated alkanes) is 2. The Balaban J connectivity index is 0. The Labute approximate surface area is 59.5 Å². The molecule has 0 aliphatic heterocycles. The van der Waals surface area contributed by atoms with Gasteiger partial charge in [-0.2, -0.15) is 10.5 Å². The van der Waals surface area contributed by atoms with Crippen LogP contribution >= 0.6 is 17.0 Å². The minimum absolute atomic E-state index is 0. The van der Waals surface area contributed by atoms with E-state index in [1.807, 2.05) is 12.1 Å². The zero-order valence-corrected chi connectivity index (χ0v) is 6.14. The van der Waals surface area contributed by atoms with Crippen molar-refractivity contribution in [3.05, 3.63) is 0 Å². The van der Waals surface area contributed by atoms with E-state index in [9.17, 15) is 0 Å². The van der Waals surface area contributed by atoms with Crippen molar-refractivity contribution in [1.29, 1.82) is 10.5 Å². The number of nitriles is 2. The summed E-state index contributed by atoms with van der Waals surface area (Å²) < 4.78 is 0. The monoisotopic (exact) mass is 174 g/mol. The molecule has 0 unspecified atom stereocenters. The number of rotatable bonds is 2. The van der Waals surface area contributed by atoms with Gasteiger partial charge in [0.15, 0.2) is 0 Å². The van der Waals surface area contributed by atoms with Gasteiger partial charge in [-0.1, -0.05) is 0 Å². The molecule has 0 rings (SSSR count). The van der Waals surface area contributed by atoms with Crippen LogP contribution in [0.4, 0.5) is 0 Å². The van der Waals surface area contributed by atoms with Crippen molar-refractivity contribution in [3.8, 4) is 12.1 Å². The van der Waals surface area contributed by atoms with Crippen molar-refractivity contribution in [1.82, 2.24) is 0 Å². The van der Waals surface area contributed by atoms with Gasteiger partial charge < -0.3 is 0 Å². The van der Waals surface area contributed by atoms with Crippen molar-refractivity contribution < 1.29 is 0 Å². The van der Waals surface area contributed by atoms with Crippen LogP contribution in [-0.2, 0) is 0 Å². The molecule has 0 heterocycles. The van der Waals surface area contributed by atoms with Crippen molar-refractivity contribution >= 4 is 17.0 Å². The van der Waals surface area contributed by atoms with E-state index in [-0.39, 0.29) is 17.0 Å². The zero-order valence-electron chi connectivity index (χ0n) is 4.42. The summed E-state index contributed by atoms with van der Waals surface area (Å²) in [5.74, 6) is 0. The molecule has 0 atom stereocenters. The van der Waals surface area contributed by atoms with Crippen LogP contribution in [0, 0.1) is 22.7 Å². The van der Waals surface area contributed by atoms with E-state index in [2.05, 4.69) is 0 Å². The molecule has 0 aliphatic carbocycles. The van der Waals surface area contributed by atoms with Crippen LogP contribution in [0.25, 0.3) is 0 Å². The lowest BCUT2D eigenvalue weighted by Crippen LogP contribution is -1.65. The summed E-state index contributed by atoms with van der Waals surface area (Å²) in [5.41, 5.74) is 0. The van der Waals surface area contributed by atoms with Crippen LogP contribution in [0.5, 0.6) is 0 Å². The molecule has 0 fully saturated rings. The maximum atomic E-state index is 7.93. The van der Waals surface area contributed by atoms with E-state index in [1.165, 1.54) is 0 Å². The molecule has 0 aromatic heterocycles. The maximum absolute atomic E-state index is 7.93. The average Bonchev–Trinajstić information content (AvgIpc) is 1.69. The van der Waals surface area contributed by atoms with Gasteiger partial charge in [0.1, 0.15) is 0 Å². The van der Waals surface area contributed by atoms with Gasteiger partial charge in [-0.25, -0.2) is 0 Å². The number of hydrogen-bond donors (Lipinski definition) is 0. The SMILES string of the molecule is Br.N#CCCCC#N. The molecule has 0 aromatic rings. The third-order valence-electron chi connectivity index (χ3n) is 0.577. The first-order chi connectivity index (χ1) is 3.41. The summed E-state index contributed by atoms with van der Waals surface area (Å²) in [4.78, 5) is 0. The Bertz CT molecular complexity index is 94.6. The Morgan fingerprint density at radius 1 is 1.00 bits per heavy atom. The lowest BCUT2D eigenvalue weighted by atomic mass is 10.3. The molecule has 2 nitrogen and oxygen atoms in total. The predicted molar refractivity (Wildman–Crippen MR) is 35.4 cm³/mol. The summed E-state index contributed by atoms with van der Waals surface area (Å²) in [5, 5.41) is 15.9. The van der Waals surface area contributed by atoms with Crippen LogP contribution in [0.2, 0.25) is 0 Å². The van der Waals surface area contributed by atoms with E-state index in [1.54, 1.807) is 0 Å². The second-order valence-corrected chi connectivity index (χ2v) is 1.17. The maximum Gasteiger partial charge on any atom is 0.0622 e. The summed E-state index contributed by atoms with van der Waals surface area (Å²) in [6, 6.07) is 3.90. The summed E-state index contributed by atoms with van der Waals surface area (Å²) in [7, 11) is 0. The van der Waals surface area contributed by atoms with Gasteiger partial charge in [0.05, 0.1) is 12.1 Å². The summed E-state index contributed by atoms with van der Waals surface area (Å²) in [6.45, 7) is 0. The topological polar surface area (TPSA) is 47.6 Å². The molecule has 0 aliphatic rings. The zero-order chi connectivity index (χ0) is 5.54. The van der Waals surface area contributed by atoms with Crippen LogP contribution in [-0.4, -0.2) is 0 Å². The highest BCUT2D eigenvalue weighted by molar-refractivity contribution is 8.93. The van der Waals surface area contributed by atoms with Gasteiger partial charge in [-0.05, 0) is 6.42 Å². The van der Waals surface area contributed by atoms with E-state index < -0.39 is 0 Å². The first-order valence-electron chi connectivity index (χ1n) is 2.15. The second kappa shape index (κ2) is 9.68. The van der Waals surface area contributed by atoms with E-state index in [0.29, 0.717) is 19.3 Å². The van der Waals surface area contributed by atoms with Crippen LogP contribution in [0.3, 0.4) is 0 Å². The average molecular weight is 175 g/mol. The molecule has 0 saturated carbocycles. The van der Waals surface area contributed by atoms with Gasteiger partial charge in [-0.3, -0.25) is 0 Å². The van der Waals surface area contributed by atoms with Gasteiger partial charge in [0, 0.05) is 12.8 Å². The smallest absolute Gasteiger partial charge is 0.0622 e. The van der Waals surface area contributed by atoms with Gasteiger partial charge >= 0.3 is 0 Å². The molecular formula is C5H7BrN2. The quantitative estimate of drug-likeness (QED) is 0.600. The minimum Gasteiger partial charge on any atom is -0.198 e. The lowest BCUT2D eigenvalue weighted by molar-refractivity contribution is 0.885. The Hall–Kier alpha value is -0.540. The van der Waals surface area contributed by atoms with Gasteiger partial charge in [0.25, 0.3) is 0 Å². The standard InChI is InChI=1S/C5H6N2.BrH/c6-4-2-1-3-5-7;/h1-3H2;1H. The minimum atomic E-state index is 0. The second-order valence-electron chi connectivity index (χ2n) is 1.17. The predicted octanol–water partition coefficient (Wildman–Crippen LogP) is 1.78. The summed E-state index contributed by atoms with van der Waals surface area (Å²) in [6.07, 6.45) is 1.73.